The number of imidazole rings is 1. The zero-order valence-electron chi connectivity index (χ0n) is 22.9. The molecule has 0 amide bonds. The molecule has 2 aromatic carbocycles. The van der Waals surface area contributed by atoms with E-state index in [0.29, 0.717) is 52.1 Å². The number of ether oxygens (including phenoxy) is 3. The van der Waals surface area contributed by atoms with Gasteiger partial charge in [-0.1, -0.05) is 13.8 Å². The summed E-state index contributed by atoms with van der Waals surface area (Å²) in [4.78, 5) is 20.6. The zero-order chi connectivity index (χ0) is 28.3. The van der Waals surface area contributed by atoms with Gasteiger partial charge in [0.1, 0.15) is 11.6 Å². The van der Waals surface area contributed by atoms with Gasteiger partial charge in [0, 0.05) is 12.0 Å². The topological polar surface area (TPSA) is 137 Å². The second-order valence-electron chi connectivity index (χ2n) is 8.90. The van der Waals surface area contributed by atoms with Crippen LogP contribution < -0.4 is 24.5 Å². The Morgan fingerprint density at radius 1 is 1.00 bits per heavy atom. The largest absolute Gasteiger partial charge is 0.493 e. The van der Waals surface area contributed by atoms with Crippen molar-refractivity contribution >= 4 is 21.2 Å². The molecule has 12 heteroatoms. The fraction of sp³-hybridized carbons (Fsp3) is 0.370. The van der Waals surface area contributed by atoms with Gasteiger partial charge in [0.15, 0.2) is 22.8 Å². The van der Waals surface area contributed by atoms with Gasteiger partial charge in [-0.3, -0.25) is 9.52 Å². The van der Waals surface area contributed by atoms with E-state index in [2.05, 4.69) is 28.5 Å². The number of hydrogen-bond donors (Lipinski definition) is 2. The van der Waals surface area contributed by atoms with Crippen molar-refractivity contribution in [2.75, 3.05) is 25.5 Å². The number of hydrogen-bond acceptors (Lipinski definition) is 8. The minimum absolute atomic E-state index is 0.0412. The third-order valence-corrected chi connectivity index (χ3v) is 7.88. The molecule has 0 saturated carbocycles. The highest BCUT2D eigenvalue weighted by molar-refractivity contribution is 7.92. The molecular weight excluding hydrogens is 522 g/mol. The van der Waals surface area contributed by atoms with Crippen molar-refractivity contribution in [3.8, 4) is 28.6 Å². The Morgan fingerprint density at radius 2 is 1.69 bits per heavy atom. The number of fused-ring (bicyclic) bond motifs is 1. The van der Waals surface area contributed by atoms with Crippen molar-refractivity contribution in [1.29, 1.82) is 0 Å². The molecule has 0 unspecified atom stereocenters. The highest BCUT2D eigenvalue weighted by Gasteiger charge is 2.23. The van der Waals surface area contributed by atoms with Gasteiger partial charge < -0.3 is 19.2 Å². The Bertz CT molecular complexity index is 1660. The van der Waals surface area contributed by atoms with E-state index in [0.717, 1.165) is 12.8 Å². The van der Waals surface area contributed by atoms with Gasteiger partial charge in [-0.15, -0.1) is 5.10 Å². The summed E-state index contributed by atoms with van der Waals surface area (Å²) in [5.41, 5.74) is 1.18. The number of aryl methyl sites for hydroxylation is 1. The van der Waals surface area contributed by atoms with Crippen molar-refractivity contribution in [3.05, 3.63) is 58.3 Å². The van der Waals surface area contributed by atoms with Crippen molar-refractivity contribution in [2.24, 2.45) is 0 Å². The van der Waals surface area contributed by atoms with Gasteiger partial charge in [-0.2, -0.15) is 0 Å². The maximum atomic E-state index is 13.4. The van der Waals surface area contributed by atoms with Gasteiger partial charge in [-0.05, 0) is 57.0 Å². The molecule has 0 aliphatic heterocycles. The molecule has 0 radical (unpaired) electrons. The van der Waals surface area contributed by atoms with E-state index in [9.17, 15) is 13.2 Å². The zero-order valence-corrected chi connectivity index (χ0v) is 23.7. The lowest BCUT2D eigenvalue weighted by molar-refractivity contribution is 0.341. The number of aromatic nitrogens is 4. The Labute approximate surface area is 227 Å². The van der Waals surface area contributed by atoms with Crippen LogP contribution >= 0.6 is 0 Å². The smallest absolute Gasteiger partial charge is 0.277 e. The van der Waals surface area contributed by atoms with Crippen molar-refractivity contribution in [2.45, 2.75) is 51.3 Å². The lowest BCUT2D eigenvalue weighted by Crippen LogP contribution is -2.17. The van der Waals surface area contributed by atoms with Crippen LogP contribution in [0.25, 0.3) is 16.9 Å². The van der Waals surface area contributed by atoms with Crippen LogP contribution in [0.2, 0.25) is 0 Å². The van der Waals surface area contributed by atoms with E-state index < -0.39 is 10.0 Å². The maximum Gasteiger partial charge on any atom is 0.277 e. The van der Waals surface area contributed by atoms with Crippen LogP contribution in [-0.2, 0) is 10.0 Å². The predicted octanol–water partition coefficient (Wildman–Crippen LogP) is 4.51. The van der Waals surface area contributed by atoms with E-state index in [1.807, 2.05) is 6.92 Å². The summed E-state index contributed by atoms with van der Waals surface area (Å²) in [6.45, 7) is 8.04. The highest BCUT2D eigenvalue weighted by Crippen LogP contribution is 2.33. The number of sulfonamides is 1. The summed E-state index contributed by atoms with van der Waals surface area (Å²) in [5, 5.41) is 4.71. The quantitative estimate of drug-likeness (QED) is 0.276. The van der Waals surface area contributed by atoms with Crippen molar-refractivity contribution < 1.29 is 22.6 Å². The molecule has 2 heterocycles. The second-order valence-corrected chi connectivity index (χ2v) is 10.6. The number of aromatic amines is 1. The number of nitrogens with zero attached hydrogens (tertiary/aromatic N) is 3. The first-order chi connectivity index (χ1) is 18.7. The van der Waals surface area contributed by atoms with Gasteiger partial charge in [0.05, 0.1) is 42.7 Å². The molecule has 4 rings (SSSR count). The van der Waals surface area contributed by atoms with Crippen LogP contribution in [0.15, 0.2) is 46.1 Å². The molecule has 0 saturated heterocycles. The summed E-state index contributed by atoms with van der Waals surface area (Å²) in [7, 11) is -1.07. The SMILES string of the molecule is CCOc1ccc(S(=O)(=O)Nc2ccc(OC)c(OC)c2)cc1-c1nn2c(C(CC)CC)nc(C)c2c(=O)[nH]1. The van der Waals surface area contributed by atoms with Gasteiger partial charge in [-0.25, -0.2) is 17.9 Å². The summed E-state index contributed by atoms with van der Waals surface area (Å²) in [5.74, 6) is 2.20. The summed E-state index contributed by atoms with van der Waals surface area (Å²) < 4.78 is 47.2. The average Bonchev–Trinajstić information content (AvgIpc) is 3.25. The van der Waals surface area contributed by atoms with Gasteiger partial charge >= 0.3 is 0 Å². The first-order valence-electron chi connectivity index (χ1n) is 12.7. The number of methoxy groups -OCH3 is 2. The minimum atomic E-state index is -4.04. The Morgan fingerprint density at radius 3 is 2.33 bits per heavy atom. The van der Waals surface area contributed by atoms with Crippen LogP contribution in [-0.4, -0.2) is 48.8 Å². The monoisotopic (exact) mass is 555 g/mol. The molecule has 0 aliphatic carbocycles. The molecule has 4 aromatic rings. The number of benzene rings is 2. The lowest BCUT2D eigenvalue weighted by Gasteiger charge is -2.15. The van der Waals surface area contributed by atoms with Crippen LogP contribution in [0.4, 0.5) is 5.69 Å². The van der Waals surface area contributed by atoms with E-state index in [1.54, 1.807) is 29.6 Å². The van der Waals surface area contributed by atoms with Crippen molar-refractivity contribution in [3.63, 3.8) is 0 Å². The number of anilines is 1. The standard InChI is InChI=1S/C27H33N5O6S/c1-7-17(8-2)26-28-16(4)24-27(33)29-25(30-32(24)26)20-15-19(11-13-21(20)38-9-3)39(34,35)31-18-10-12-22(36-5)23(14-18)37-6/h10-15,17,31H,7-9H2,1-6H3,(H,29,30,33). The molecule has 2 aromatic heterocycles. The molecule has 0 spiro atoms. The van der Waals surface area contributed by atoms with E-state index in [1.165, 1.54) is 32.4 Å². The van der Waals surface area contributed by atoms with Crippen LogP contribution in [0.5, 0.6) is 17.2 Å². The molecule has 0 fully saturated rings. The van der Waals surface area contributed by atoms with E-state index >= 15 is 0 Å². The van der Waals surface area contributed by atoms with Crippen LogP contribution in [0, 0.1) is 6.92 Å². The number of nitrogens with one attached hydrogen (secondary N) is 2. The molecule has 39 heavy (non-hydrogen) atoms. The highest BCUT2D eigenvalue weighted by atomic mass is 32.2. The van der Waals surface area contributed by atoms with Crippen molar-refractivity contribution in [1.82, 2.24) is 19.6 Å². The van der Waals surface area contributed by atoms with E-state index in [4.69, 9.17) is 19.3 Å². The fourth-order valence-electron chi connectivity index (χ4n) is 4.49. The third-order valence-electron chi connectivity index (χ3n) is 6.50. The first kappa shape index (κ1) is 28.0. The molecule has 0 bridgehead atoms. The minimum Gasteiger partial charge on any atom is -0.493 e. The molecule has 0 aliphatic rings. The lowest BCUT2D eigenvalue weighted by atomic mass is 10.0. The normalized spacial score (nSPS) is 11.7. The predicted molar refractivity (Wildman–Crippen MR) is 149 cm³/mol. The Hall–Kier alpha value is -4.06. The van der Waals surface area contributed by atoms with Crippen LogP contribution in [0.3, 0.4) is 0 Å². The Kier molecular flexibility index (Phi) is 8.14. The Balaban J connectivity index is 1.84. The average molecular weight is 556 g/mol. The first-order valence-corrected chi connectivity index (χ1v) is 14.2. The molecule has 0 atom stereocenters. The number of H-pyrrole nitrogens is 1. The maximum absolute atomic E-state index is 13.4. The molecular formula is C27H33N5O6S. The second kappa shape index (κ2) is 11.4. The summed E-state index contributed by atoms with van der Waals surface area (Å²) in [6.07, 6.45) is 1.66. The molecule has 11 nitrogen and oxygen atoms in total. The van der Waals surface area contributed by atoms with Gasteiger partial charge in [0.25, 0.3) is 15.6 Å². The third kappa shape index (κ3) is 5.42. The molecule has 208 valence electrons. The van der Waals surface area contributed by atoms with Gasteiger partial charge in [0.2, 0.25) is 0 Å². The molecule has 2 N–H and O–H groups in total. The van der Waals surface area contributed by atoms with E-state index in [-0.39, 0.29) is 22.2 Å². The summed E-state index contributed by atoms with van der Waals surface area (Å²) >= 11 is 0. The summed E-state index contributed by atoms with van der Waals surface area (Å²) in [6, 6.07) is 9.12. The number of rotatable bonds is 11. The van der Waals surface area contributed by atoms with Crippen LogP contribution in [0.1, 0.15) is 51.0 Å². The fourth-order valence-corrected chi connectivity index (χ4v) is 5.56.